The monoisotopic (exact) mass is 437 g/mol. The van der Waals surface area contributed by atoms with E-state index < -0.39 is 0 Å². The van der Waals surface area contributed by atoms with E-state index in [0.29, 0.717) is 18.3 Å². The molecule has 3 aromatic rings. The van der Waals surface area contributed by atoms with Gasteiger partial charge in [0.2, 0.25) is 0 Å². The van der Waals surface area contributed by atoms with Crippen molar-refractivity contribution in [3.8, 4) is 0 Å². The molecule has 0 atom stereocenters. The summed E-state index contributed by atoms with van der Waals surface area (Å²) in [5, 5.41) is 0. The lowest BCUT2D eigenvalue weighted by molar-refractivity contribution is -0.112. The molecule has 0 unspecified atom stereocenters. The Kier molecular flexibility index (Phi) is 6.36. The summed E-state index contributed by atoms with van der Waals surface area (Å²) >= 11 is 0. The Morgan fingerprint density at radius 2 is 1.55 bits per heavy atom. The van der Waals surface area contributed by atoms with Crippen molar-refractivity contribution in [2.45, 2.75) is 32.6 Å². The molecule has 0 aromatic heterocycles. The summed E-state index contributed by atoms with van der Waals surface area (Å²) in [6.45, 7) is 4.81. The zero-order valence-electron chi connectivity index (χ0n) is 19.3. The van der Waals surface area contributed by atoms with Crippen molar-refractivity contribution >= 4 is 23.0 Å². The molecule has 33 heavy (non-hydrogen) atoms. The first-order valence-corrected chi connectivity index (χ1v) is 12.1. The molecule has 4 nitrogen and oxygen atoms in total. The fourth-order valence-electron chi connectivity index (χ4n) is 4.92. The Balaban J connectivity index is 1.28. The van der Waals surface area contributed by atoms with Gasteiger partial charge in [-0.3, -0.25) is 14.6 Å². The van der Waals surface area contributed by atoms with Crippen LogP contribution in [0.1, 0.15) is 36.5 Å². The van der Waals surface area contributed by atoms with E-state index in [1.807, 2.05) is 41.3 Å². The topological polar surface area (TPSA) is 35.9 Å². The number of carbonyl (C=O) groups is 1. The van der Waals surface area contributed by atoms with Crippen molar-refractivity contribution in [2.75, 3.05) is 24.7 Å². The third-order valence-electron chi connectivity index (χ3n) is 6.90. The minimum atomic E-state index is 0.00202. The average Bonchev–Trinajstić information content (AvgIpc) is 3.12. The fraction of sp³-hybridized carbons (Fsp3) is 0.310. The van der Waals surface area contributed by atoms with Crippen molar-refractivity contribution in [3.05, 3.63) is 95.6 Å². The van der Waals surface area contributed by atoms with Gasteiger partial charge < -0.3 is 0 Å². The van der Waals surface area contributed by atoms with Crippen LogP contribution in [0.15, 0.2) is 83.9 Å². The van der Waals surface area contributed by atoms with Crippen molar-refractivity contribution in [1.29, 1.82) is 0 Å². The Morgan fingerprint density at radius 3 is 2.27 bits per heavy atom. The van der Waals surface area contributed by atoms with Gasteiger partial charge in [0, 0.05) is 18.7 Å². The lowest BCUT2D eigenvalue weighted by Gasteiger charge is -2.34. The number of anilines is 1. The van der Waals surface area contributed by atoms with E-state index in [9.17, 15) is 4.79 Å². The largest absolute Gasteiger partial charge is 0.293 e. The number of nitrogens with zero attached hydrogens (tertiary/aromatic N) is 3. The van der Waals surface area contributed by atoms with Crippen LogP contribution in [0.3, 0.4) is 0 Å². The number of benzene rings is 3. The van der Waals surface area contributed by atoms with Crippen LogP contribution in [0.2, 0.25) is 0 Å². The van der Waals surface area contributed by atoms with Crippen LogP contribution < -0.4 is 4.90 Å². The van der Waals surface area contributed by atoms with E-state index >= 15 is 0 Å². The summed E-state index contributed by atoms with van der Waals surface area (Å²) in [6, 6.07) is 27.0. The summed E-state index contributed by atoms with van der Waals surface area (Å²) in [5.41, 5.74) is 5.98. The van der Waals surface area contributed by atoms with Gasteiger partial charge in [-0.1, -0.05) is 67.6 Å². The molecule has 1 saturated heterocycles. The Hall–Kier alpha value is -3.24. The minimum Gasteiger partial charge on any atom is -0.293 e. The number of likely N-dealkylation sites (tertiary alicyclic amines) is 1. The highest BCUT2D eigenvalue weighted by Gasteiger charge is 2.35. The maximum Gasteiger partial charge on any atom is 0.278 e. The van der Waals surface area contributed by atoms with Crippen LogP contribution in [0.5, 0.6) is 0 Å². The molecule has 0 radical (unpaired) electrons. The van der Waals surface area contributed by atoms with Gasteiger partial charge >= 0.3 is 0 Å². The lowest BCUT2D eigenvalue weighted by Crippen LogP contribution is -2.44. The number of para-hydroxylation sites is 1. The molecule has 4 heteroatoms. The fourth-order valence-corrected chi connectivity index (χ4v) is 4.92. The van der Waals surface area contributed by atoms with Crippen molar-refractivity contribution in [2.24, 2.45) is 10.9 Å². The molecule has 0 bridgehead atoms. The molecule has 2 aliphatic rings. The van der Waals surface area contributed by atoms with Gasteiger partial charge in [0.1, 0.15) is 5.71 Å². The SMILES string of the molecule is CCc1ccc(N=C2C(=O)N(CN3CCC(Cc4ccccc4)CC3)c3ccccc32)cc1. The molecule has 0 spiro atoms. The number of rotatable bonds is 6. The third kappa shape index (κ3) is 4.76. The number of aryl methyl sites for hydroxylation is 1. The molecule has 0 saturated carbocycles. The number of hydrogen-bond donors (Lipinski definition) is 0. The second kappa shape index (κ2) is 9.72. The highest BCUT2D eigenvalue weighted by atomic mass is 16.2. The number of fused-ring (bicyclic) bond motifs is 1. The maximum absolute atomic E-state index is 13.4. The molecular weight excluding hydrogens is 406 g/mol. The predicted molar refractivity (Wildman–Crippen MR) is 135 cm³/mol. The number of hydrogen-bond acceptors (Lipinski definition) is 3. The standard InChI is InChI=1S/C29H31N3O/c1-2-22-12-14-25(15-13-22)30-28-26-10-6-7-11-27(26)32(29(28)33)21-31-18-16-24(17-19-31)20-23-8-4-3-5-9-23/h3-15,24H,2,16-21H2,1H3. The Bertz CT molecular complexity index is 1130. The molecule has 168 valence electrons. The van der Waals surface area contributed by atoms with E-state index in [1.165, 1.54) is 24.0 Å². The highest BCUT2D eigenvalue weighted by molar-refractivity contribution is 6.54. The second-order valence-electron chi connectivity index (χ2n) is 9.12. The number of carbonyl (C=O) groups excluding carboxylic acids is 1. The van der Waals surface area contributed by atoms with E-state index in [0.717, 1.165) is 42.9 Å². The molecule has 0 N–H and O–H groups in total. The summed E-state index contributed by atoms with van der Waals surface area (Å²) in [4.78, 5) is 22.5. The van der Waals surface area contributed by atoms with Crippen molar-refractivity contribution in [3.63, 3.8) is 0 Å². The number of aliphatic imine (C=N–C) groups is 1. The van der Waals surface area contributed by atoms with E-state index in [-0.39, 0.29) is 5.91 Å². The first kappa shape index (κ1) is 21.6. The van der Waals surface area contributed by atoms with Crippen LogP contribution in [0.4, 0.5) is 11.4 Å². The van der Waals surface area contributed by atoms with Gasteiger partial charge in [0.25, 0.3) is 5.91 Å². The summed E-state index contributed by atoms with van der Waals surface area (Å²) in [6.07, 6.45) is 4.48. The van der Waals surface area contributed by atoms with Gasteiger partial charge in [-0.05, 0) is 60.9 Å². The molecule has 2 heterocycles. The van der Waals surface area contributed by atoms with E-state index in [1.54, 1.807) is 0 Å². The maximum atomic E-state index is 13.4. The predicted octanol–water partition coefficient (Wildman–Crippen LogP) is 5.63. The normalized spacial score (nSPS) is 18.2. The van der Waals surface area contributed by atoms with E-state index in [4.69, 9.17) is 4.99 Å². The van der Waals surface area contributed by atoms with Crippen LogP contribution >= 0.6 is 0 Å². The molecule has 3 aromatic carbocycles. The molecule has 0 aliphatic carbocycles. The first-order valence-electron chi connectivity index (χ1n) is 12.1. The summed E-state index contributed by atoms with van der Waals surface area (Å²) < 4.78 is 0. The van der Waals surface area contributed by atoms with Crippen LogP contribution in [-0.4, -0.2) is 36.3 Å². The van der Waals surface area contributed by atoms with Crippen LogP contribution in [0.25, 0.3) is 0 Å². The zero-order chi connectivity index (χ0) is 22.6. The molecular formula is C29H31N3O. The van der Waals surface area contributed by atoms with Gasteiger partial charge in [-0.2, -0.15) is 0 Å². The van der Waals surface area contributed by atoms with Crippen LogP contribution in [-0.2, 0) is 17.6 Å². The Morgan fingerprint density at radius 1 is 0.848 bits per heavy atom. The van der Waals surface area contributed by atoms with Gasteiger partial charge in [0.15, 0.2) is 0 Å². The van der Waals surface area contributed by atoms with Gasteiger partial charge in [-0.25, -0.2) is 4.99 Å². The van der Waals surface area contributed by atoms with E-state index in [2.05, 4.69) is 54.3 Å². The minimum absolute atomic E-state index is 0.00202. The van der Waals surface area contributed by atoms with Gasteiger partial charge in [-0.15, -0.1) is 0 Å². The zero-order valence-corrected chi connectivity index (χ0v) is 19.3. The summed E-state index contributed by atoms with van der Waals surface area (Å²) in [5.74, 6) is 0.718. The van der Waals surface area contributed by atoms with Gasteiger partial charge in [0.05, 0.1) is 18.0 Å². The third-order valence-corrected chi connectivity index (χ3v) is 6.90. The molecule has 2 aliphatic heterocycles. The van der Waals surface area contributed by atoms with Crippen molar-refractivity contribution in [1.82, 2.24) is 4.90 Å². The average molecular weight is 438 g/mol. The van der Waals surface area contributed by atoms with Crippen LogP contribution in [0, 0.1) is 5.92 Å². The molecule has 5 rings (SSSR count). The second-order valence-corrected chi connectivity index (χ2v) is 9.12. The first-order chi connectivity index (χ1) is 16.2. The summed E-state index contributed by atoms with van der Waals surface area (Å²) in [7, 11) is 0. The lowest BCUT2D eigenvalue weighted by atomic mass is 9.90. The Labute approximate surface area is 196 Å². The van der Waals surface area contributed by atoms with Crippen molar-refractivity contribution < 1.29 is 4.79 Å². The highest BCUT2D eigenvalue weighted by Crippen LogP contribution is 2.32. The molecule has 1 fully saturated rings. The number of amides is 1. The smallest absolute Gasteiger partial charge is 0.278 e. The molecule has 1 amide bonds. The number of piperidine rings is 1. The quantitative estimate of drug-likeness (QED) is 0.501.